The van der Waals surface area contributed by atoms with E-state index in [1.165, 1.54) is 18.3 Å². The maximum atomic E-state index is 12.3. The molecule has 0 atom stereocenters. The van der Waals surface area contributed by atoms with Crippen LogP contribution in [0.3, 0.4) is 0 Å². The van der Waals surface area contributed by atoms with Crippen molar-refractivity contribution in [3.63, 3.8) is 0 Å². The fraction of sp³-hybridized carbons (Fsp3) is 0.0667. The van der Waals surface area contributed by atoms with Crippen LogP contribution in [0.15, 0.2) is 53.5 Å². The molecule has 0 saturated heterocycles. The number of aromatic nitrogens is 2. The van der Waals surface area contributed by atoms with E-state index in [0.29, 0.717) is 5.39 Å². The summed E-state index contributed by atoms with van der Waals surface area (Å²) in [5.74, 6) is -0.712. The van der Waals surface area contributed by atoms with Gasteiger partial charge >= 0.3 is 6.36 Å². The van der Waals surface area contributed by atoms with Crippen LogP contribution in [0.2, 0.25) is 0 Å². The molecule has 0 saturated carbocycles. The van der Waals surface area contributed by atoms with Gasteiger partial charge in [0.15, 0.2) is 5.65 Å². The molecule has 0 aliphatic rings. The van der Waals surface area contributed by atoms with E-state index in [1.54, 1.807) is 12.1 Å². The summed E-state index contributed by atoms with van der Waals surface area (Å²) >= 11 is 0. The largest absolute Gasteiger partial charge is 0.573 e. The zero-order chi connectivity index (χ0) is 16.6. The van der Waals surface area contributed by atoms with Crippen LogP contribution in [-0.4, -0.2) is 21.0 Å². The minimum absolute atomic E-state index is 0.127. The number of ether oxygens (including phenoxy) is 1. The van der Waals surface area contributed by atoms with Gasteiger partial charge in [0.05, 0.1) is 11.1 Å². The summed E-state index contributed by atoms with van der Waals surface area (Å²) in [4.78, 5) is 16.2. The predicted molar refractivity (Wildman–Crippen MR) is 75.7 cm³/mol. The molecule has 0 aliphatic carbocycles. The van der Waals surface area contributed by atoms with Gasteiger partial charge < -0.3 is 9.84 Å². The number of alkyl halides is 3. The first-order valence-corrected chi connectivity index (χ1v) is 6.41. The van der Waals surface area contributed by atoms with Crippen LogP contribution < -0.4 is 10.3 Å². The number of pyridine rings is 2. The molecule has 0 aliphatic heterocycles. The summed E-state index contributed by atoms with van der Waals surface area (Å²) in [6.07, 6.45) is -3.42. The van der Waals surface area contributed by atoms with Crippen LogP contribution in [0.5, 0.6) is 11.5 Å². The Morgan fingerprint density at radius 1 is 1.13 bits per heavy atom. The zero-order valence-corrected chi connectivity index (χ0v) is 11.4. The number of fused-ring (bicyclic) bond motifs is 1. The van der Waals surface area contributed by atoms with E-state index in [9.17, 15) is 23.1 Å². The fourth-order valence-corrected chi connectivity index (χ4v) is 2.21. The average molecular weight is 322 g/mol. The van der Waals surface area contributed by atoms with E-state index >= 15 is 0 Å². The first-order valence-electron chi connectivity index (χ1n) is 6.41. The summed E-state index contributed by atoms with van der Waals surface area (Å²) in [6.45, 7) is 0. The number of nitrogens with zero attached hydrogens (tertiary/aromatic N) is 2. The average Bonchev–Trinajstić information content (AvgIpc) is 2.46. The molecule has 1 aromatic carbocycles. The van der Waals surface area contributed by atoms with Gasteiger partial charge in [-0.05, 0) is 24.3 Å². The number of rotatable bonds is 2. The molecule has 2 heterocycles. The maximum absolute atomic E-state index is 12.3. The standard InChI is InChI=1S/C15H9F3N2O3/c16-15(17,18)23-10-4-1-3-9(7-10)20-13(22)8-12(21)11-5-2-6-19-14(11)20/h1-8,21H. The Morgan fingerprint density at radius 2 is 1.91 bits per heavy atom. The van der Waals surface area contributed by atoms with Crippen molar-refractivity contribution in [3.8, 4) is 17.2 Å². The molecule has 0 radical (unpaired) electrons. The maximum Gasteiger partial charge on any atom is 0.573 e. The van der Waals surface area contributed by atoms with Gasteiger partial charge in [0, 0.05) is 18.3 Å². The van der Waals surface area contributed by atoms with Crippen LogP contribution in [0, 0.1) is 0 Å². The quantitative estimate of drug-likeness (QED) is 0.788. The van der Waals surface area contributed by atoms with Gasteiger partial charge in [-0.25, -0.2) is 4.98 Å². The second kappa shape index (κ2) is 5.31. The van der Waals surface area contributed by atoms with Crippen molar-refractivity contribution < 1.29 is 23.0 Å². The Kier molecular flexibility index (Phi) is 3.44. The van der Waals surface area contributed by atoms with E-state index in [-0.39, 0.29) is 17.1 Å². The lowest BCUT2D eigenvalue weighted by Crippen LogP contribution is -2.19. The van der Waals surface area contributed by atoms with E-state index in [0.717, 1.165) is 22.8 Å². The summed E-state index contributed by atoms with van der Waals surface area (Å²) in [7, 11) is 0. The molecule has 2 aromatic heterocycles. The van der Waals surface area contributed by atoms with E-state index in [2.05, 4.69) is 9.72 Å². The molecule has 0 spiro atoms. The van der Waals surface area contributed by atoms with Crippen molar-refractivity contribution >= 4 is 11.0 Å². The monoisotopic (exact) mass is 322 g/mol. The van der Waals surface area contributed by atoms with Crippen LogP contribution in [0.25, 0.3) is 16.7 Å². The van der Waals surface area contributed by atoms with Crippen LogP contribution >= 0.6 is 0 Å². The van der Waals surface area contributed by atoms with Gasteiger partial charge in [-0.3, -0.25) is 9.36 Å². The normalized spacial score (nSPS) is 11.6. The van der Waals surface area contributed by atoms with E-state index in [4.69, 9.17) is 0 Å². The van der Waals surface area contributed by atoms with Gasteiger partial charge in [-0.2, -0.15) is 0 Å². The lowest BCUT2D eigenvalue weighted by atomic mass is 10.2. The molecule has 0 amide bonds. The highest BCUT2D eigenvalue weighted by molar-refractivity contribution is 5.82. The zero-order valence-electron chi connectivity index (χ0n) is 11.4. The Morgan fingerprint density at radius 3 is 2.65 bits per heavy atom. The first-order chi connectivity index (χ1) is 10.8. The number of halogens is 3. The molecule has 3 rings (SSSR count). The highest BCUT2D eigenvalue weighted by atomic mass is 19.4. The SMILES string of the molecule is O=c1cc(O)c2cccnc2n1-c1cccc(OC(F)(F)F)c1. The first kappa shape index (κ1) is 14.9. The van der Waals surface area contributed by atoms with E-state index in [1.807, 2.05) is 0 Å². The Bertz CT molecular complexity index is 935. The van der Waals surface area contributed by atoms with Crippen LogP contribution in [0.1, 0.15) is 0 Å². The van der Waals surface area contributed by atoms with Crippen molar-refractivity contribution in [2.45, 2.75) is 6.36 Å². The topological polar surface area (TPSA) is 64.3 Å². The van der Waals surface area contributed by atoms with Gasteiger partial charge in [0.25, 0.3) is 5.56 Å². The lowest BCUT2D eigenvalue weighted by molar-refractivity contribution is -0.274. The second-order valence-corrected chi connectivity index (χ2v) is 4.62. The molecule has 5 nitrogen and oxygen atoms in total. The molecule has 1 N–H and O–H groups in total. The van der Waals surface area contributed by atoms with Crippen molar-refractivity contribution in [2.75, 3.05) is 0 Å². The number of hydrogen-bond donors (Lipinski definition) is 1. The molecule has 0 unspecified atom stereocenters. The van der Waals surface area contributed by atoms with E-state index < -0.39 is 17.7 Å². The number of aromatic hydroxyl groups is 1. The smallest absolute Gasteiger partial charge is 0.507 e. The lowest BCUT2D eigenvalue weighted by Gasteiger charge is -2.13. The van der Waals surface area contributed by atoms with Crippen molar-refractivity contribution in [2.24, 2.45) is 0 Å². The Hall–Kier alpha value is -3.03. The summed E-state index contributed by atoms with van der Waals surface area (Å²) in [5.41, 5.74) is -0.361. The predicted octanol–water partition coefficient (Wildman–Crippen LogP) is 2.99. The highest BCUT2D eigenvalue weighted by Gasteiger charge is 2.31. The third-order valence-corrected chi connectivity index (χ3v) is 3.06. The minimum atomic E-state index is -4.83. The highest BCUT2D eigenvalue weighted by Crippen LogP contribution is 2.26. The van der Waals surface area contributed by atoms with Crippen LogP contribution in [-0.2, 0) is 0 Å². The van der Waals surface area contributed by atoms with Gasteiger partial charge in [0.2, 0.25) is 0 Å². The summed E-state index contributed by atoms with van der Waals surface area (Å²) in [5, 5.41) is 10.1. The van der Waals surface area contributed by atoms with Crippen molar-refractivity contribution in [1.82, 2.24) is 9.55 Å². The minimum Gasteiger partial charge on any atom is -0.507 e. The summed E-state index contributed by atoms with van der Waals surface area (Å²) in [6, 6.07) is 9.05. The number of benzene rings is 1. The van der Waals surface area contributed by atoms with Crippen molar-refractivity contribution in [1.29, 1.82) is 0 Å². The molecular weight excluding hydrogens is 313 g/mol. The Balaban J connectivity index is 2.22. The third kappa shape index (κ3) is 2.96. The molecular formula is C15H9F3N2O3. The molecule has 0 bridgehead atoms. The fourth-order valence-electron chi connectivity index (χ4n) is 2.21. The third-order valence-electron chi connectivity index (χ3n) is 3.06. The summed E-state index contributed by atoms with van der Waals surface area (Å²) < 4.78 is 41.9. The molecule has 23 heavy (non-hydrogen) atoms. The van der Waals surface area contributed by atoms with Gasteiger partial charge in [-0.1, -0.05) is 6.07 Å². The van der Waals surface area contributed by atoms with Gasteiger partial charge in [0.1, 0.15) is 11.5 Å². The molecule has 8 heteroatoms. The van der Waals surface area contributed by atoms with Crippen LogP contribution in [0.4, 0.5) is 13.2 Å². The van der Waals surface area contributed by atoms with Gasteiger partial charge in [-0.15, -0.1) is 13.2 Å². The molecule has 3 aromatic rings. The molecule has 0 fully saturated rings. The number of hydrogen-bond acceptors (Lipinski definition) is 4. The molecule has 118 valence electrons. The van der Waals surface area contributed by atoms with Crippen molar-refractivity contribution in [3.05, 3.63) is 59.0 Å². The second-order valence-electron chi connectivity index (χ2n) is 4.62. The Labute approximate surface area is 127 Å².